The van der Waals surface area contributed by atoms with Gasteiger partial charge in [0, 0.05) is 32.3 Å². The summed E-state index contributed by atoms with van der Waals surface area (Å²) in [6.07, 6.45) is 3.75. The van der Waals surface area contributed by atoms with Gasteiger partial charge in [-0.2, -0.15) is 0 Å². The van der Waals surface area contributed by atoms with E-state index < -0.39 is 0 Å². The number of pyridine rings is 1. The number of rotatable bonds is 5. The quantitative estimate of drug-likeness (QED) is 0.855. The van der Waals surface area contributed by atoms with Crippen LogP contribution in [0.4, 0.5) is 5.82 Å². The Labute approximate surface area is 120 Å². The molecule has 0 aromatic carbocycles. The summed E-state index contributed by atoms with van der Waals surface area (Å²) in [5.74, 6) is 1.30. The highest BCUT2D eigenvalue weighted by atomic mass is 16.1. The van der Waals surface area contributed by atoms with Gasteiger partial charge in [0.1, 0.15) is 5.82 Å². The lowest BCUT2D eigenvalue weighted by Gasteiger charge is -2.31. The number of piperidine rings is 1. The van der Waals surface area contributed by atoms with Crippen molar-refractivity contribution in [3.05, 3.63) is 23.9 Å². The second-order valence-electron chi connectivity index (χ2n) is 5.24. The zero-order valence-electron chi connectivity index (χ0n) is 12.4. The van der Waals surface area contributed by atoms with Crippen LogP contribution >= 0.6 is 0 Å². The van der Waals surface area contributed by atoms with Crippen molar-refractivity contribution in [2.24, 2.45) is 5.92 Å². The van der Waals surface area contributed by atoms with E-state index in [4.69, 9.17) is 0 Å². The van der Waals surface area contributed by atoms with Gasteiger partial charge in [-0.15, -0.1) is 0 Å². The third-order valence-electron chi connectivity index (χ3n) is 3.79. The van der Waals surface area contributed by atoms with Gasteiger partial charge in [0.2, 0.25) is 5.91 Å². The standard InChI is InChI=1S/C15H24N4O/c1-3-17-14-10-12(4-7-18-14)11-19-8-5-13(6-9-19)15(20)16-2/h4,7,10,13H,3,5-6,8-9,11H2,1-2H3,(H,16,20)(H,17,18). The average Bonchev–Trinajstić information content (AvgIpc) is 2.48. The minimum absolute atomic E-state index is 0.183. The SMILES string of the molecule is CCNc1cc(CN2CCC(C(=O)NC)CC2)ccn1. The molecule has 0 aliphatic carbocycles. The molecule has 1 aromatic rings. The summed E-state index contributed by atoms with van der Waals surface area (Å²) in [5, 5.41) is 5.98. The summed E-state index contributed by atoms with van der Waals surface area (Å²) >= 11 is 0. The molecule has 0 unspecified atom stereocenters. The Balaban J connectivity index is 1.86. The Bertz CT molecular complexity index is 441. The van der Waals surface area contributed by atoms with Crippen molar-refractivity contribution in [2.45, 2.75) is 26.3 Å². The molecule has 20 heavy (non-hydrogen) atoms. The van der Waals surface area contributed by atoms with Crippen LogP contribution in [0.15, 0.2) is 18.3 Å². The number of nitrogens with one attached hydrogen (secondary N) is 2. The zero-order chi connectivity index (χ0) is 14.4. The Hall–Kier alpha value is -1.62. The monoisotopic (exact) mass is 276 g/mol. The van der Waals surface area contributed by atoms with Crippen LogP contribution in [0.1, 0.15) is 25.3 Å². The number of carbonyl (C=O) groups is 1. The lowest BCUT2D eigenvalue weighted by molar-refractivity contribution is -0.125. The summed E-state index contributed by atoms with van der Waals surface area (Å²) in [6.45, 7) is 5.85. The predicted octanol–water partition coefficient (Wildman–Crippen LogP) is 1.47. The van der Waals surface area contributed by atoms with Crippen molar-refractivity contribution in [3.8, 4) is 0 Å². The molecule has 1 saturated heterocycles. The van der Waals surface area contributed by atoms with Crippen molar-refractivity contribution >= 4 is 11.7 Å². The number of anilines is 1. The van der Waals surface area contributed by atoms with E-state index in [1.54, 1.807) is 7.05 Å². The van der Waals surface area contributed by atoms with Crippen LogP contribution in [0.3, 0.4) is 0 Å². The molecular weight excluding hydrogens is 252 g/mol. The van der Waals surface area contributed by atoms with Gasteiger partial charge in [0.15, 0.2) is 0 Å². The zero-order valence-corrected chi connectivity index (χ0v) is 12.4. The van der Waals surface area contributed by atoms with E-state index in [2.05, 4.69) is 39.6 Å². The molecule has 1 amide bonds. The first-order valence-corrected chi connectivity index (χ1v) is 7.35. The number of nitrogens with zero attached hydrogens (tertiary/aromatic N) is 2. The topological polar surface area (TPSA) is 57.3 Å². The van der Waals surface area contributed by atoms with Crippen LogP contribution in [0.2, 0.25) is 0 Å². The Kier molecular flexibility index (Phi) is 5.35. The first-order valence-electron chi connectivity index (χ1n) is 7.35. The summed E-state index contributed by atoms with van der Waals surface area (Å²) in [4.78, 5) is 18.3. The molecule has 0 bridgehead atoms. The third kappa shape index (κ3) is 3.93. The summed E-state index contributed by atoms with van der Waals surface area (Å²) in [5.41, 5.74) is 1.27. The van der Waals surface area contributed by atoms with Crippen molar-refractivity contribution in [3.63, 3.8) is 0 Å². The van der Waals surface area contributed by atoms with Crippen LogP contribution in [-0.2, 0) is 11.3 Å². The number of hydrogen-bond acceptors (Lipinski definition) is 4. The summed E-state index contributed by atoms with van der Waals surface area (Å²) < 4.78 is 0. The molecule has 0 spiro atoms. The van der Waals surface area contributed by atoms with E-state index in [1.165, 1.54) is 5.56 Å². The van der Waals surface area contributed by atoms with Crippen LogP contribution in [-0.4, -0.2) is 42.5 Å². The summed E-state index contributed by atoms with van der Waals surface area (Å²) in [6, 6.07) is 4.17. The van der Waals surface area contributed by atoms with Crippen molar-refractivity contribution in [1.29, 1.82) is 0 Å². The van der Waals surface area contributed by atoms with Gasteiger partial charge in [-0.1, -0.05) is 0 Å². The van der Waals surface area contributed by atoms with Gasteiger partial charge in [-0.05, 0) is 50.6 Å². The normalized spacial score (nSPS) is 16.9. The maximum atomic E-state index is 11.6. The molecule has 1 aliphatic heterocycles. The molecule has 0 atom stereocenters. The lowest BCUT2D eigenvalue weighted by Crippen LogP contribution is -2.39. The second-order valence-corrected chi connectivity index (χ2v) is 5.24. The molecule has 110 valence electrons. The smallest absolute Gasteiger partial charge is 0.222 e. The highest BCUT2D eigenvalue weighted by Gasteiger charge is 2.23. The molecule has 2 heterocycles. The molecule has 5 heteroatoms. The number of aromatic nitrogens is 1. The molecule has 1 fully saturated rings. The molecule has 1 aliphatic rings. The second kappa shape index (κ2) is 7.24. The van der Waals surface area contributed by atoms with Gasteiger partial charge in [-0.25, -0.2) is 4.98 Å². The third-order valence-corrected chi connectivity index (χ3v) is 3.79. The molecule has 2 N–H and O–H groups in total. The predicted molar refractivity (Wildman–Crippen MR) is 80.5 cm³/mol. The van der Waals surface area contributed by atoms with Gasteiger partial charge >= 0.3 is 0 Å². The van der Waals surface area contributed by atoms with Crippen LogP contribution < -0.4 is 10.6 Å². The van der Waals surface area contributed by atoms with E-state index in [1.807, 2.05) is 6.20 Å². The van der Waals surface area contributed by atoms with E-state index in [-0.39, 0.29) is 11.8 Å². The van der Waals surface area contributed by atoms with Crippen molar-refractivity contribution in [1.82, 2.24) is 15.2 Å². The number of amides is 1. The van der Waals surface area contributed by atoms with E-state index in [9.17, 15) is 4.79 Å². The molecular formula is C15H24N4O. The van der Waals surface area contributed by atoms with Gasteiger partial charge < -0.3 is 10.6 Å². The molecule has 0 radical (unpaired) electrons. The van der Waals surface area contributed by atoms with Crippen LogP contribution in [0, 0.1) is 5.92 Å². The maximum absolute atomic E-state index is 11.6. The minimum Gasteiger partial charge on any atom is -0.370 e. The fraction of sp³-hybridized carbons (Fsp3) is 0.600. The fourth-order valence-electron chi connectivity index (χ4n) is 2.67. The molecule has 0 saturated carbocycles. The highest BCUT2D eigenvalue weighted by Crippen LogP contribution is 2.19. The van der Waals surface area contributed by atoms with Gasteiger partial charge in [-0.3, -0.25) is 9.69 Å². The highest BCUT2D eigenvalue weighted by molar-refractivity contribution is 5.78. The largest absolute Gasteiger partial charge is 0.370 e. The molecule has 1 aromatic heterocycles. The first-order chi connectivity index (χ1) is 9.72. The minimum atomic E-state index is 0.183. The first kappa shape index (κ1) is 14.8. The average molecular weight is 276 g/mol. The summed E-state index contributed by atoms with van der Waals surface area (Å²) in [7, 11) is 1.72. The Morgan fingerprint density at radius 2 is 2.20 bits per heavy atom. The number of carbonyl (C=O) groups excluding carboxylic acids is 1. The fourth-order valence-corrected chi connectivity index (χ4v) is 2.67. The van der Waals surface area contributed by atoms with Crippen LogP contribution in [0.25, 0.3) is 0 Å². The van der Waals surface area contributed by atoms with Crippen molar-refractivity contribution in [2.75, 3.05) is 32.0 Å². The Morgan fingerprint density at radius 1 is 1.45 bits per heavy atom. The van der Waals surface area contributed by atoms with Gasteiger partial charge in [0.25, 0.3) is 0 Å². The molecule has 5 nitrogen and oxygen atoms in total. The van der Waals surface area contributed by atoms with Crippen LogP contribution in [0.5, 0.6) is 0 Å². The molecule has 2 rings (SSSR count). The van der Waals surface area contributed by atoms with E-state index >= 15 is 0 Å². The van der Waals surface area contributed by atoms with E-state index in [0.717, 1.165) is 44.8 Å². The lowest BCUT2D eigenvalue weighted by atomic mass is 9.96. The van der Waals surface area contributed by atoms with Crippen molar-refractivity contribution < 1.29 is 4.79 Å². The van der Waals surface area contributed by atoms with Gasteiger partial charge in [0.05, 0.1) is 0 Å². The number of hydrogen-bond donors (Lipinski definition) is 2. The maximum Gasteiger partial charge on any atom is 0.222 e. The number of likely N-dealkylation sites (tertiary alicyclic amines) is 1. The van der Waals surface area contributed by atoms with E-state index in [0.29, 0.717) is 0 Å². The Morgan fingerprint density at radius 3 is 2.85 bits per heavy atom.